The maximum absolute atomic E-state index is 6.03. The van der Waals surface area contributed by atoms with Crippen LogP contribution in [0.3, 0.4) is 0 Å². The molecule has 2 nitrogen and oxygen atoms in total. The normalized spacial score (nSPS) is 24.3. The average Bonchev–Trinajstić information content (AvgIpc) is 2.29. The highest BCUT2D eigenvalue weighted by Gasteiger charge is 2.22. The highest BCUT2D eigenvalue weighted by Crippen LogP contribution is 2.29. The molecule has 1 fully saturated rings. The van der Waals surface area contributed by atoms with Crippen LogP contribution in [0.15, 0.2) is 28.7 Å². The standard InChI is InChI=1S/C13H19BrN2/c1-10(12-6-2-3-7-13(12)14)16-8-4-5-11(15)9-16/h2-3,6-7,10-11H,4-5,8-9,15H2,1H3. The lowest BCUT2D eigenvalue weighted by molar-refractivity contribution is 0.159. The largest absolute Gasteiger partial charge is 0.327 e. The molecule has 0 radical (unpaired) electrons. The summed E-state index contributed by atoms with van der Waals surface area (Å²) in [5.74, 6) is 0. The minimum atomic E-state index is 0.346. The number of rotatable bonds is 2. The Kier molecular flexibility index (Phi) is 4.00. The molecular formula is C13H19BrN2. The number of hydrogen-bond acceptors (Lipinski definition) is 2. The molecule has 2 unspecified atom stereocenters. The molecule has 2 atom stereocenters. The van der Waals surface area contributed by atoms with Gasteiger partial charge in [-0.15, -0.1) is 0 Å². The molecule has 16 heavy (non-hydrogen) atoms. The van der Waals surface area contributed by atoms with Gasteiger partial charge in [0.15, 0.2) is 0 Å². The van der Waals surface area contributed by atoms with Crippen molar-refractivity contribution in [1.82, 2.24) is 4.90 Å². The van der Waals surface area contributed by atoms with Gasteiger partial charge in [-0.1, -0.05) is 34.1 Å². The summed E-state index contributed by atoms with van der Waals surface area (Å²) in [4.78, 5) is 2.48. The highest BCUT2D eigenvalue weighted by atomic mass is 79.9. The van der Waals surface area contributed by atoms with Gasteiger partial charge in [-0.2, -0.15) is 0 Å². The van der Waals surface area contributed by atoms with E-state index >= 15 is 0 Å². The fraction of sp³-hybridized carbons (Fsp3) is 0.538. The summed E-state index contributed by atoms with van der Waals surface area (Å²) in [5, 5.41) is 0. The van der Waals surface area contributed by atoms with Gasteiger partial charge in [-0.05, 0) is 37.9 Å². The van der Waals surface area contributed by atoms with Crippen LogP contribution in [0.5, 0.6) is 0 Å². The lowest BCUT2D eigenvalue weighted by atomic mass is 10.0. The van der Waals surface area contributed by atoms with Crippen molar-refractivity contribution < 1.29 is 0 Å². The molecule has 1 aromatic carbocycles. The van der Waals surface area contributed by atoms with Crippen molar-refractivity contribution in [3.8, 4) is 0 Å². The van der Waals surface area contributed by atoms with Crippen LogP contribution < -0.4 is 5.73 Å². The van der Waals surface area contributed by atoms with Crippen LogP contribution >= 0.6 is 15.9 Å². The van der Waals surface area contributed by atoms with Crippen LogP contribution in [0.4, 0.5) is 0 Å². The Bertz CT molecular complexity index is 354. The lowest BCUT2D eigenvalue weighted by Gasteiger charge is -2.36. The van der Waals surface area contributed by atoms with E-state index < -0.39 is 0 Å². The van der Waals surface area contributed by atoms with Crippen LogP contribution in [0.1, 0.15) is 31.4 Å². The zero-order valence-corrected chi connectivity index (χ0v) is 11.3. The maximum atomic E-state index is 6.03. The van der Waals surface area contributed by atoms with E-state index in [1.807, 2.05) is 0 Å². The van der Waals surface area contributed by atoms with Crippen LogP contribution in [-0.2, 0) is 0 Å². The van der Waals surface area contributed by atoms with E-state index in [1.165, 1.54) is 22.9 Å². The van der Waals surface area contributed by atoms with E-state index in [9.17, 15) is 0 Å². The Morgan fingerprint density at radius 1 is 1.44 bits per heavy atom. The Labute approximate surface area is 106 Å². The van der Waals surface area contributed by atoms with Crippen molar-refractivity contribution >= 4 is 15.9 Å². The van der Waals surface area contributed by atoms with Gasteiger partial charge in [0.1, 0.15) is 0 Å². The van der Waals surface area contributed by atoms with Gasteiger partial charge < -0.3 is 5.73 Å². The van der Waals surface area contributed by atoms with Gasteiger partial charge in [-0.3, -0.25) is 4.90 Å². The molecule has 0 bridgehead atoms. The smallest absolute Gasteiger partial charge is 0.0331 e. The lowest BCUT2D eigenvalue weighted by Crippen LogP contribution is -2.43. The van der Waals surface area contributed by atoms with Gasteiger partial charge >= 0.3 is 0 Å². The molecule has 2 N–H and O–H groups in total. The van der Waals surface area contributed by atoms with Crippen molar-refractivity contribution in [3.05, 3.63) is 34.3 Å². The number of nitrogens with zero attached hydrogens (tertiary/aromatic N) is 1. The molecule has 0 aliphatic carbocycles. The van der Waals surface area contributed by atoms with Gasteiger partial charge in [0.2, 0.25) is 0 Å². The van der Waals surface area contributed by atoms with E-state index in [-0.39, 0.29) is 0 Å². The van der Waals surface area contributed by atoms with Crippen LogP contribution in [0.2, 0.25) is 0 Å². The molecule has 1 aliphatic heterocycles. The molecule has 1 heterocycles. The molecule has 2 rings (SSSR count). The number of piperidine rings is 1. The van der Waals surface area contributed by atoms with Crippen molar-refractivity contribution in [3.63, 3.8) is 0 Å². The molecule has 3 heteroatoms. The van der Waals surface area contributed by atoms with Crippen LogP contribution in [-0.4, -0.2) is 24.0 Å². The third-order valence-electron chi connectivity index (χ3n) is 3.39. The number of likely N-dealkylation sites (tertiary alicyclic amines) is 1. The minimum Gasteiger partial charge on any atom is -0.327 e. The monoisotopic (exact) mass is 282 g/mol. The summed E-state index contributed by atoms with van der Waals surface area (Å²) in [6.45, 7) is 4.44. The van der Waals surface area contributed by atoms with Crippen molar-refractivity contribution in [1.29, 1.82) is 0 Å². The number of nitrogens with two attached hydrogens (primary N) is 1. The fourth-order valence-corrected chi connectivity index (χ4v) is 3.02. The Hall–Kier alpha value is -0.380. The van der Waals surface area contributed by atoms with Crippen LogP contribution in [0, 0.1) is 0 Å². The summed E-state index contributed by atoms with van der Waals surface area (Å²) < 4.78 is 1.20. The Balaban J connectivity index is 2.12. The van der Waals surface area contributed by atoms with Gasteiger partial charge in [-0.25, -0.2) is 0 Å². The second kappa shape index (κ2) is 5.30. The summed E-state index contributed by atoms with van der Waals surface area (Å²) in [6.07, 6.45) is 2.38. The summed E-state index contributed by atoms with van der Waals surface area (Å²) >= 11 is 3.62. The van der Waals surface area contributed by atoms with E-state index in [4.69, 9.17) is 5.73 Å². The van der Waals surface area contributed by atoms with Crippen molar-refractivity contribution in [2.45, 2.75) is 31.8 Å². The first-order chi connectivity index (χ1) is 7.68. The summed E-state index contributed by atoms with van der Waals surface area (Å²) in [5.41, 5.74) is 7.38. The molecule has 1 saturated heterocycles. The van der Waals surface area contributed by atoms with Gasteiger partial charge in [0, 0.05) is 23.1 Å². The van der Waals surface area contributed by atoms with E-state index in [0.717, 1.165) is 13.1 Å². The SMILES string of the molecule is CC(c1ccccc1Br)N1CCCC(N)C1. The first-order valence-electron chi connectivity index (χ1n) is 5.92. The third-order valence-corrected chi connectivity index (χ3v) is 4.11. The molecule has 88 valence electrons. The fourth-order valence-electron chi connectivity index (χ4n) is 2.40. The van der Waals surface area contributed by atoms with Crippen LogP contribution in [0.25, 0.3) is 0 Å². The number of halogens is 1. The number of benzene rings is 1. The molecule has 0 saturated carbocycles. The predicted molar refractivity (Wildman–Crippen MR) is 71.3 cm³/mol. The first kappa shape index (κ1) is 12.1. The van der Waals surface area contributed by atoms with Crippen molar-refractivity contribution in [2.75, 3.05) is 13.1 Å². The van der Waals surface area contributed by atoms with Crippen molar-refractivity contribution in [2.24, 2.45) is 5.73 Å². The second-order valence-corrected chi connectivity index (χ2v) is 5.45. The summed E-state index contributed by atoms with van der Waals surface area (Å²) in [7, 11) is 0. The molecule has 0 spiro atoms. The van der Waals surface area contributed by atoms with Gasteiger partial charge in [0.05, 0.1) is 0 Å². The van der Waals surface area contributed by atoms with Gasteiger partial charge in [0.25, 0.3) is 0 Å². The highest BCUT2D eigenvalue weighted by molar-refractivity contribution is 9.10. The topological polar surface area (TPSA) is 29.3 Å². The average molecular weight is 283 g/mol. The Morgan fingerprint density at radius 3 is 2.88 bits per heavy atom. The minimum absolute atomic E-state index is 0.346. The Morgan fingerprint density at radius 2 is 2.19 bits per heavy atom. The summed E-state index contributed by atoms with van der Waals surface area (Å²) in [6, 6.07) is 9.24. The first-order valence-corrected chi connectivity index (χ1v) is 6.72. The zero-order valence-electron chi connectivity index (χ0n) is 9.70. The number of hydrogen-bond donors (Lipinski definition) is 1. The van der Waals surface area contributed by atoms with E-state index in [0.29, 0.717) is 12.1 Å². The predicted octanol–water partition coefficient (Wildman–Crippen LogP) is 2.93. The zero-order chi connectivity index (χ0) is 11.5. The van der Waals surface area contributed by atoms with E-state index in [2.05, 4.69) is 52.0 Å². The third kappa shape index (κ3) is 2.65. The molecule has 1 aliphatic rings. The quantitative estimate of drug-likeness (QED) is 0.904. The molecular weight excluding hydrogens is 264 g/mol. The molecule has 0 amide bonds. The molecule has 1 aromatic rings. The second-order valence-electron chi connectivity index (χ2n) is 4.59. The maximum Gasteiger partial charge on any atom is 0.0331 e. The van der Waals surface area contributed by atoms with E-state index in [1.54, 1.807) is 0 Å². The molecule has 0 aromatic heterocycles.